The minimum absolute atomic E-state index is 0.0920. The summed E-state index contributed by atoms with van der Waals surface area (Å²) in [5, 5.41) is 4.73. The summed E-state index contributed by atoms with van der Waals surface area (Å²) in [6.45, 7) is 0.707. The van der Waals surface area contributed by atoms with Gasteiger partial charge in [-0.05, 0) is 42.5 Å². The smallest absolute Gasteiger partial charge is 0.268 e. The van der Waals surface area contributed by atoms with Gasteiger partial charge in [-0.1, -0.05) is 25.3 Å². The van der Waals surface area contributed by atoms with Crippen LogP contribution in [0.1, 0.15) is 41.8 Å². The number of carbonyl (C=O) groups excluding carboxylic acids is 2. The van der Waals surface area contributed by atoms with Gasteiger partial charge < -0.3 is 14.3 Å². The van der Waals surface area contributed by atoms with E-state index in [9.17, 15) is 9.59 Å². The van der Waals surface area contributed by atoms with E-state index in [2.05, 4.69) is 10.3 Å². The zero-order chi connectivity index (χ0) is 21.8. The van der Waals surface area contributed by atoms with Crippen molar-refractivity contribution >= 4 is 45.8 Å². The van der Waals surface area contributed by atoms with E-state index in [1.54, 1.807) is 11.0 Å². The average Bonchev–Trinajstić information content (AvgIpc) is 3.45. The molecule has 8 nitrogen and oxygen atoms in total. The third-order valence-electron chi connectivity index (χ3n) is 5.81. The van der Waals surface area contributed by atoms with Crippen LogP contribution >= 0.6 is 11.3 Å². The van der Waals surface area contributed by atoms with Crippen molar-refractivity contribution in [3.05, 3.63) is 40.6 Å². The highest BCUT2D eigenvalue weighted by Gasteiger charge is 2.25. The highest BCUT2D eigenvalue weighted by Crippen LogP contribution is 2.29. The Kier molecular flexibility index (Phi) is 6.64. The van der Waals surface area contributed by atoms with Crippen molar-refractivity contribution in [2.75, 3.05) is 23.9 Å². The Hall–Kier alpha value is -2.75. The van der Waals surface area contributed by atoms with Crippen molar-refractivity contribution in [1.82, 2.24) is 9.55 Å². The molecule has 9 heteroatoms. The van der Waals surface area contributed by atoms with E-state index in [1.165, 1.54) is 17.8 Å². The Labute approximate surface area is 184 Å². The highest BCUT2D eigenvalue weighted by molar-refractivity contribution is 7.12. The molecule has 3 aromatic rings. The average molecular weight is 442 g/mol. The highest BCUT2D eigenvalue weighted by atomic mass is 32.1. The van der Waals surface area contributed by atoms with Gasteiger partial charge >= 0.3 is 0 Å². The molecule has 4 rings (SSSR count). The molecule has 0 unspecified atom stereocenters. The van der Waals surface area contributed by atoms with Crippen LogP contribution in [-0.2, 0) is 16.2 Å². The summed E-state index contributed by atoms with van der Waals surface area (Å²) in [7, 11) is 1.82. The van der Waals surface area contributed by atoms with Crippen molar-refractivity contribution in [1.29, 1.82) is 0 Å². The van der Waals surface area contributed by atoms with Crippen LogP contribution in [0.15, 0.2) is 35.7 Å². The van der Waals surface area contributed by atoms with Crippen molar-refractivity contribution in [2.45, 2.75) is 38.6 Å². The van der Waals surface area contributed by atoms with Gasteiger partial charge in [-0.3, -0.25) is 14.9 Å². The summed E-state index contributed by atoms with van der Waals surface area (Å²) in [6, 6.07) is 9.31. The number of anilines is 2. The number of hydrogen-bond acceptors (Lipinski definition) is 6. The number of fused-ring (bicyclic) bond motifs is 1. The number of imidazole rings is 1. The van der Waals surface area contributed by atoms with Gasteiger partial charge in [0.25, 0.3) is 5.91 Å². The molecule has 1 aliphatic rings. The summed E-state index contributed by atoms with van der Waals surface area (Å²) >= 11 is 1.37. The molecule has 0 aliphatic heterocycles. The number of hydrogen-bond donors (Lipinski definition) is 2. The van der Waals surface area contributed by atoms with Crippen LogP contribution in [0.5, 0.6) is 0 Å². The van der Waals surface area contributed by atoms with E-state index >= 15 is 0 Å². The number of rotatable bonds is 7. The van der Waals surface area contributed by atoms with Gasteiger partial charge in [0.15, 0.2) is 0 Å². The first-order valence-electron chi connectivity index (χ1n) is 10.5. The zero-order valence-corrected chi connectivity index (χ0v) is 18.4. The molecule has 1 aromatic carbocycles. The van der Waals surface area contributed by atoms with Gasteiger partial charge in [-0.2, -0.15) is 0 Å². The van der Waals surface area contributed by atoms with E-state index in [0.717, 1.165) is 36.9 Å². The third kappa shape index (κ3) is 4.63. The molecule has 3 N–H and O–H groups in total. The van der Waals surface area contributed by atoms with Crippen molar-refractivity contribution in [2.24, 2.45) is 11.8 Å². The Morgan fingerprint density at radius 1 is 1.29 bits per heavy atom. The molecule has 0 atom stereocenters. The maximum Gasteiger partial charge on any atom is 0.268 e. The topological polar surface area (TPSA) is 102 Å². The zero-order valence-electron chi connectivity index (χ0n) is 17.5. The summed E-state index contributed by atoms with van der Waals surface area (Å²) in [5.41, 5.74) is 2.32. The quantitative estimate of drug-likeness (QED) is 0.543. The molecule has 31 heavy (non-hydrogen) atoms. The lowest BCUT2D eigenvalue weighted by Gasteiger charge is -2.26. The minimum Gasteiger partial charge on any atom is -0.315 e. The SMILES string of the molecule is CN(C(=O)C1CCCCC1)c1ccc2c(c1)nc(NC(=O)c1cccs1)n2CCON. The second-order valence-corrected chi connectivity index (χ2v) is 8.74. The Morgan fingerprint density at radius 2 is 2.10 bits per heavy atom. The van der Waals surface area contributed by atoms with E-state index in [1.807, 2.05) is 41.3 Å². The third-order valence-corrected chi connectivity index (χ3v) is 6.68. The molecular weight excluding hydrogens is 414 g/mol. The molecule has 0 radical (unpaired) electrons. The van der Waals surface area contributed by atoms with Crippen molar-refractivity contribution in [3.8, 4) is 0 Å². The van der Waals surface area contributed by atoms with E-state index in [-0.39, 0.29) is 24.3 Å². The van der Waals surface area contributed by atoms with E-state index in [4.69, 9.17) is 10.7 Å². The number of aromatic nitrogens is 2. The number of carbonyl (C=O) groups is 2. The van der Waals surface area contributed by atoms with Gasteiger partial charge in [0.1, 0.15) is 0 Å². The predicted octanol–water partition coefficient (Wildman–Crippen LogP) is 3.78. The fourth-order valence-electron chi connectivity index (χ4n) is 4.11. The Morgan fingerprint density at radius 3 is 2.81 bits per heavy atom. The van der Waals surface area contributed by atoms with Gasteiger partial charge in [0.05, 0.1) is 29.1 Å². The molecule has 0 spiro atoms. The first kappa shape index (κ1) is 21.5. The lowest BCUT2D eigenvalue weighted by atomic mass is 9.88. The van der Waals surface area contributed by atoms with E-state index in [0.29, 0.717) is 22.9 Å². The number of benzene rings is 1. The summed E-state index contributed by atoms with van der Waals surface area (Å²) in [6.07, 6.45) is 5.35. The molecule has 1 fully saturated rings. The molecular formula is C22H27N5O3S. The van der Waals surface area contributed by atoms with Crippen LogP contribution < -0.4 is 16.1 Å². The standard InChI is InChI=1S/C22H27N5O3S/c1-26(21(29)15-6-3-2-4-7-15)16-9-10-18-17(14-16)24-22(27(18)11-12-30-23)25-20(28)19-8-5-13-31-19/h5,8-10,13-15H,2-4,6-7,11-12,23H2,1H3,(H,24,25,28). The van der Waals surface area contributed by atoms with Crippen LogP contribution in [-0.4, -0.2) is 35.0 Å². The maximum absolute atomic E-state index is 12.9. The van der Waals surface area contributed by atoms with Crippen LogP contribution in [0, 0.1) is 5.92 Å². The predicted molar refractivity (Wildman–Crippen MR) is 122 cm³/mol. The lowest BCUT2D eigenvalue weighted by Crippen LogP contribution is -2.33. The second kappa shape index (κ2) is 9.59. The minimum atomic E-state index is -0.218. The molecule has 1 aliphatic carbocycles. The fourth-order valence-corrected chi connectivity index (χ4v) is 4.73. The van der Waals surface area contributed by atoms with Crippen LogP contribution in [0.25, 0.3) is 11.0 Å². The molecule has 0 bridgehead atoms. The molecule has 0 saturated heterocycles. The lowest BCUT2D eigenvalue weighted by molar-refractivity contribution is -0.123. The van der Waals surface area contributed by atoms with Gasteiger partial charge in [0.2, 0.25) is 11.9 Å². The molecule has 1 saturated carbocycles. The monoisotopic (exact) mass is 441 g/mol. The maximum atomic E-state index is 12.9. The van der Waals surface area contributed by atoms with Crippen LogP contribution in [0.4, 0.5) is 11.6 Å². The Balaban J connectivity index is 1.62. The fraction of sp³-hybridized carbons (Fsp3) is 0.409. The summed E-state index contributed by atoms with van der Waals surface area (Å²) in [5.74, 6) is 5.67. The number of thiophene rings is 1. The summed E-state index contributed by atoms with van der Waals surface area (Å²) in [4.78, 5) is 37.2. The van der Waals surface area contributed by atoms with Crippen LogP contribution in [0.3, 0.4) is 0 Å². The number of amides is 2. The molecule has 2 aromatic heterocycles. The first-order chi connectivity index (χ1) is 15.1. The number of nitrogens with one attached hydrogen (secondary N) is 1. The number of nitrogens with two attached hydrogens (primary N) is 1. The van der Waals surface area contributed by atoms with Crippen molar-refractivity contribution in [3.63, 3.8) is 0 Å². The van der Waals surface area contributed by atoms with Crippen molar-refractivity contribution < 1.29 is 14.4 Å². The van der Waals surface area contributed by atoms with Crippen LogP contribution in [0.2, 0.25) is 0 Å². The van der Waals surface area contributed by atoms with Gasteiger partial charge in [0, 0.05) is 18.7 Å². The largest absolute Gasteiger partial charge is 0.315 e. The van der Waals surface area contributed by atoms with Gasteiger partial charge in [-0.25, -0.2) is 10.9 Å². The molecule has 2 heterocycles. The summed E-state index contributed by atoms with van der Waals surface area (Å²) < 4.78 is 1.86. The molecule has 164 valence electrons. The number of nitrogens with zero attached hydrogens (tertiary/aromatic N) is 3. The Bertz CT molecular complexity index is 1060. The van der Waals surface area contributed by atoms with Gasteiger partial charge in [-0.15, -0.1) is 11.3 Å². The normalized spacial score (nSPS) is 14.6. The first-order valence-corrected chi connectivity index (χ1v) is 11.4. The second-order valence-electron chi connectivity index (χ2n) is 7.79. The van der Waals surface area contributed by atoms with E-state index < -0.39 is 0 Å². The molecule has 2 amide bonds.